The SMILES string of the molecule is COc1ccc([C@@H](C(=O)NC2CCCCC2)N(C(=O)[C@H](C)n2nnc3ccccc32)c2ccc(NC(C)=O)cc2)cc1. The van der Waals surface area contributed by atoms with Crippen LogP contribution >= 0.6 is 0 Å². The van der Waals surface area contributed by atoms with Gasteiger partial charge in [-0.3, -0.25) is 19.3 Å². The molecule has 2 N–H and O–H groups in total. The number of para-hydroxylation sites is 1. The van der Waals surface area contributed by atoms with Crippen LogP contribution in [0.1, 0.15) is 63.6 Å². The lowest BCUT2D eigenvalue weighted by atomic mass is 9.94. The van der Waals surface area contributed by atoms with Crippen LogP contribution in [0.3, 0.4) is 0 Å². The second-order valence-corrected chi connectivity index (χ2v) is 10.7. The molecular weight excluding hydrogens is 532 g/mol. The van der Waals surface area contributed by atoms with Crippen molar-refractivity contribution in [1.82, 2.24) is 20.3 Å². The number of benzene rings is 3. The summed E-state index contributed by atoms with van der Waals surface area (Å²) in [6, 6.07) is 19.8. The van der Waals surface area contributed by atoms with Crippen molar-refractivity contribution in [2.75, 3.05) is 17.3 Å². The Morgan fingerprint density at radius 1 is 0.952 bits per heavy atom. The van der Waals surface area contributed by atoms with Gasteiger partial charge in [-0.15, -0.1) is 5.10 Å². The average Bonchev–Trinajstić information content (AvgIpc) is 3.44. The highest BCUT2D eigenvalue weighted by Gasteiger charge is 2.37. The van der Waals surface area contributed by atoms with E-state index < -0.39 is 12.1 Å². The van der Waals surface area contributed by atoms with Crippen molar-refractivity contribution in [3.05, 3.63) is 78.4 Å². The maximum atomic E-state index is 14.5. The molecule has 1 heterocycles. The first-order chi connectivity index (χ1) is 20.4. The number of nitrogens with one attached hydrogen (secondary N) is 2. The van der Waals surface area contributed by atoms with Gasteiger partial charge in [0.15, 0.2) is 0 Å². The van der Waals surface area contributed by atoms with Gasteiger partial charge < -0.3 is 15.4 Å². The van der Waals surface area contributed by atoms with Crippen LogP contribution in [0.15, 0.2) is 72.8 Å². The average molecular weight is 569 g/mol. The van der Waals surface area contributed by atoms with E-state index >= 15 is 0 Å². The summed E-state index contributed by atoms with van der Waals surface area (Å²) in [6.07, 6.45) is 5.08. The molecule has 2 atom stereocenters. The second kappa shape index (κ2) is 12.8. The van der Waals surface area contributed by atoms with Crippen LogP contribution in [0.5, 0.6) is 5.75 Å². The number of amides is 3. The third-order valence-electron chi connectivity index (χ3n) is 7.69. The Kier molecular flexibility index (Phi) is 8.80. The van der Waals surface area contributed by atoms with E-state index in [-0.39, 0.29) is 23.8 Å². The number of carbonyl (C=O) groups is 3. The molecule has 0 saturated heterocycles. The normalized spacial score (nSPS) is 15.0. The van der Waals surface area contributed by atoms with Gasteiger partial charge in [-0.2, -0.15) is 0 Å². The first-order valence-electron chi connectivity index (χ1n) is 14.3. The molecule has 0 radical (unpaired) electrons. The van der Waals surface area contributed by atoms with E-state index in [1.54, 1.807) is 55.1 Å². The Balaban J connectivity index is 1.60. The minimum absolute atomic E-state index is 0.0442. The Hall–Kier alpha value is -4.73. The molecule has 1 fully saturated rings. The lowest BCUT2D eigenvalue weighted by Crippen LogP contribution is -2.48. The Morgan fingerprint density at radius 2 is 1.64 bits per heavy atom. The molecule has 10 nitrogen and oxygen atoms in total. The number of nitrogens with zero attached hydrogens (tertiary/aromatic N) is 4. The van der Waals surface area contributed by atoms with Gasteiger partial charge in [0.2, 0.25) is 11.8 Å². The first kappa shape index (κ1) is 28.8. The number of rotatable bonds is 9. The number of anilines is 2. The zero-order chi connectivity index (χ0) is 29.6. The molecule has 0 spiro atoms. The first-order valence-corrected chi connectivity index (χ1v) is 14.3. The van der Waals surface area contributed by atoms with Crippen LogP contribution in [0.4, 0.5) is 11.4 Å². The fraction of sp³-hybridized carbons (Fsp3) is 0.344. The predicted octanol–water partition coefficient (Wildman–Crippen LogP) is 5.18. The topological polar surface area (TPSA) is 118 Å². The highest BCUT2D eigenvalue weighted by atomic mass is 16.5. The molecule has 1 aliphatic rings. The third-order valence-corrected chi connectivity index (χ3v) is 7.69. The van der Waals surface area contributed by atoms with E-state index in [0.29, 0.717) is 33.7 Å². The highest BCUT2D eigenvalue weighted by Crippen LogP contribution is 2.33. The number of methoxy groups -OCH3 is 1. The Morgan fingerprint density at radius 3 is 2.31 bits per heavy atom. The van der Waals surface area contributed by atoms with Crippen LogP contribution in [-0.2, 0) is 14.4 Å². The van der Waals surface area contributed by atoms with Gasteiger partial charge in [-0.1, -0.05) is 48.7 Å². The smallest absolute Gasteiger partial charge is 0.252 e. The number of ether oxygens (including phenoxy) is 1. The molecular formula is C32H36N6O4. The summed E-state index contributed by atoms with van der Waals surface area (Å²) in [6.45, 7) is 3.19. The highest BCUT2D eigenvalue weighted by molar-refractivity contribution is 6.03. The standard InChI is InChI=1S/C32H36N6O4/c1-21(38-29-12-8-7-11-28(29)35-36-38)32(41)37(26-17-15-25(16-18-26)33-22(2)39)30(23-13-19-27(42-3)20-14-23)31(40)34-24-9-5-4-6-10-24/h7-8,11-21,24,30H,4-6,9-10H2,1-3H3,(H,33,39)(H,34,40)/t21-,30-/m0/s1. The molecule has 0 bridgehead atoms. The number of carbonyl (C=O) groups excluding carboxylic acids is 3. The van der Waals surface area contributed by atoms with E-state index in [1.165, 1.54) is 11.8 Å². The Bertz CT molecular complexity index is 1540. The zero-order valence-electron chi connectivity index (χ0n) is 24.1. The van der Waals surface area contributed by atoms with Crippen LogP contribution < -0.4 is 20.3 Å². The van der Waals surface area contributed by atoms with E-state index in [4.69, 9.17) is 4.74 Å². The predicted molar refractivity (Wildman–Crippen MR) is 161 cm³/mol. The third kappa shape index (κ3) is 6.27. The van der Waals surface area contributed by atoms with Gasteiger partial charge >= 0.3 is 0 Å². The van der Waals surface area contributed by atoms with Gasteiger partial charge in [-0.25, -0.2) is 4.68 Å². The van der Waals surface area contributed by atoms with E-state index in [1.807, 2.05) is 36.4 Å². The minimum atomic E-state index is -0.978. The lowest BCUT2D eigenvalue weighted by Gasteiger charge is -2.35. The molecule has 1 saturated carbocycles. The number of hydrogen-bond acceptors (Lipinski definition) is 6. The summed E-state index contributed by atoms with van der Waals surface area (Å²) >= 11 is 0. The quantitative estimate of drug-likeness (QED) is 0.287. The minimum Gasteiger partial charge on any atom is -0.497 e. The summed E-state index contributed by atoms with van der Waals surface area (Å²) in [5.41, 5.74) is 3.11. The lowest BCUT2D eigenvalue weighted by molar-refractivity contribution is -0.128. The second-order valence-electron chi connectivity index (χ2n) is 10.7. The van der Waals surface area contributed by atoms with Crippen LogP contribution in [-0.4, -0.2) is 45.9 Å². The molecule has 1 aliphatic carbocycles. The number of aromatic nitrogens is 3. The molecule has 42 heavy (non-hydrogen) atoms. The summed E-state index contributed by atoms with van der Waals surface area (Å²) < 4.78 is 6.95. The molecule has 1 aromatic heterocycles. The van der Waals surface area contributed by atoms with E-state index in [9.17, 15) is 14.4 Å². The largest absolute Gasteiger partial charge is 0.497 e. The molecule has 0 aliphatic heterocycles. The summed E-state index contributed by atoms with van der Waals surface area (Å²) in [4.78, 5) is 41.9. The van der Waals surface area contributed by atoms with Gasteiger partial charge in [-0.05, 0) is 73.9 Å². The fourth-order valence-electron chi connectivity index (χ4n) is 5.52. The van der Waals surface area contributed by atoms with Crippen molar-refractivity contribution in [3.8, 4) is 5.75 Å². The fourth-order valence-corrected chi connectivity index (χ4v) is 5.52. The summed E-state index contributed by atoms with van der Waals surface area (Å²) in [5, 5.41) is 14.5. The molecule has 3 amide bonds. The van der Waals surface area contributed by atoms with Crippen molar-refractivity contribution >= 4 is 40.1 Å². The summed E-state index contributed by atoms with van der Waals surface area (Å²) in [7, 11) is 1.58. The van der Waals surface area contributed by atoms with Crippen molar-refractivity contribution in [2.45, 2.75) is 64.1 Å². The maximum Gasteiger partial charge on any atom is 0.252 e. The molecule has 4 aromatic rings. The van der Waals surface area contributed by atoms with Crippen molar-refractivity contribution in [3.63, 3.8) is 0 Å². The maximum absolute atomic E-state index is 14.5. The Labute approximate surface area is 245 Å². The van der Waals surface area contributed by atoms with Crippen molar-refractivity contribution in [2.24, 2.45) is 0 Å². The van der Waals surface area contributed by atoms with Gasteiger partial charge in [0, 0.05) is 24.3 Å². The number of hydrogen-bond donors (Lipinski definition) is 2. The molecule has 0 unspecified atom stereocenters. The van der Waals surface area contributed by atoms with Crippen LogP contribution in [0, 0.1) is 0 Å². The molecule has 3 aromatic carbocycles. The van der Waals surface area contributed by atoms with E-state index in [0.717, 1.165) is 32.1 Å². The van der Waals surface area contributed by atoms with Gasteiger partial charge in [0.1, 0.15) is 23.3 Å². The molecule has 218 valence electrons. The van der Waals surface area contributed by atoms with Crippen LogP contribution in [0.2, 0.25) is 0 Å². The van der Waals surface area contributed by atoms with Gasteiger partial charge in [0.25, 0.3) is 5.91 Å². The van der Waals surface area contributed by atoms with E-state index in [2.05, 4.69) is 20.9 Å². The zero-order valence-corrected chi connectivity index (χ0v) is 24.1. The van der Waals surface area contributed by atoms with Crippen LogP contribution in [0.25, 0.3) is 11.0 Å². The monoisotopic (exact) mass is 568 g/mol. The number of fused-ring (bicyclic) bond motifs is 1. The van der Waals surface area contributed by atoms with Crippen molar-refractivity contribution < 1.29 is 19.1 Å². The molecule has 10 heteroatoms. The van der Waals surface area contributed by atoms with Gasteiger partial charge in [0.05, 0.1) is 12.6 Å². The summed E-state index contributed by atoms with van der Waals surface area (Å²) in [5.74, 6) is -0.157. The van der Waals surface area contributed by atoms with Crippen molar-refractivity contribution in [1.29, 1.82) is 0 Å². The molecule has 5 rings (SSSR count).